The number of aryl methyl sites for hydroxylation is 1. The first-order valence-corrected chi connectivity index (χ1v) is 10.4. The van der Waals surface area contributed by atoms with Crippen molar-refractivity contribution in [1.29, 1.82) is 0 Å². The van der Waals surface area contributed by atoms with Gasteiger partial charge in [0, 0.05) is 30.6 Å². The Morgan fingerprint density at radius 2 is 2.23 bits per heavy atom. The van der Waals surface area contributed by atoms with E-state index in [-0.39, 0.29) is 0 Å². The van der Waals surface area contributed by atoms with Crippen LogP contribution in [0.3, 0.4) is 0 Å². The molecule has 6 nitrogen and oxygen atoms in total. The van der Waals surface area contributed by atoms with Gasteiger partial charge in [0.15, 0.2) is 5.96 Å². The largest absolute Gasteiger partial charge is 0.443 e. The van der Waals surface area contributed by atoms with E-state index in [0.717, 1.165) is 47.5 Å². The van der Waals surface area contributed by atoms with Crippen molar-refractivity contribution in [3.63, 3.8) is 0 Å². The number of aromatic nitrogens is 2. The number of nitrogens with zero attached hydrogens (tertiary/aromatic N) is 3. The molecule has 0 radical (unpaired) electrons. The fourth-order valence-corrected chi connectivity index (χ4v) is 3.83. The summed E-state index contributed by atoms with van der Waals surface area (Å²) in [6.45, 7) is 6.28. The van der Waals surface area contributed by atoms with E-state index in [0.29, 0.717) is 12.4 Å². The third-order valence-electron chi connectivity index (χ3n) is 3.61. The second kappa shape index (κ2) is 9.49. The van der Waals surface area contributed by atoms with Gasteiger partial charge in [-0.2, -0.15) is 0 Å². The van der Waals surface area contributed by atoms with E-state index in [2.05, 4.69) is 39.4 Å². The van der Waals surface area contributed by atoms with Gasteiger partial charge >= 0.3 is 0 Å². The number of aliphatic imine (C=N–C) groups is 1. The molecule has 0 unspecified atom stereocenters. The Hall–Kier alpha value is -2.19. The Kier molecular flexibility index (Phi) is 6.79. The van der Waals surface area contributed by atoms with Crippen molar-refractivity contribution < 1.29 is 4.42 Å². The summed E-state index contributed by atoms with van der Waals surface area (Å²) in [5.74, 6) is 1.43. The molecule has 0 atom stereocenters. The molecule has 3 rings (SSSR count). The number of hydrogen-bond acceptors (Lipinski definition) is 6. The summed E-state index contributed by atoms with van der Waals surface area (Å²) < 4.78 is 5.54. The van der Waals surface area contributed by atoms with Crippen molar-refractivity contribution in [3.05, 3.63) is 45.6 Å². The highest BCUT2D eigenvalue weighted by Gasteiger charge is 2.07. The van der Waals surface area contributed by atoms with Gasteiger partial charge in [0.2, 0.25) is 5.89 Å². The van der Waals surface area contributed by atoms with E-state index < -0.39 is 0 Å². The van der Waals surface area contributed by atoms with Crippen molar-refractivity contribution in [2.75, 3.05) is 13.1 Å². The lowest BCUT2D eigenvalue weighted by Crippen LogP contribution is -2.38. The number of nitrogens with one attached hydrogen (secondary N) is 2. The molecule has 138 valence electrons. The lowest BCUT2D eigenvalue weighted by Gasteiger charge is -2.10. The molecular formula is C18H23N5OS2. The smallest absolute Gasteiger partial charge is 0.236 e. The summed E-state index contributed by atoms with van der Waals surface area (Å²) in [6, 6.07) is 3.98. The Labute approximate surface area is 161 Å². The quantitative estimate of drug-likeness (QED) is 0.454. The van der Waals surface area contributed by atoms with Crippen LogP contribution in [0.5, 0.6) is 0 Å². The predicted molar refractivity (Wildman–Crippen MR) is 108 cm³/mol. The molecule has 3 aromatic heterocycles. The van der Waals surface area contributed by atoms with Crippen molar-refractivity contribution >= 4 is 28.6 Å². The SMILES string of the molecule is CCNC(=NCc1coc(-c2cccs2)n1)NCCc1ncc(CC)s1. The third-order valence-corrected chi connectivity index (χ3v) is 5.67. The zero-order valence-corrected chi connectivity index (χ0v) is 16.6. The molecular weight excluding hydrogens is 366 g/mol. The highest BCUT2D eigenvalue weighted by molar-refractivity contribution is 7.13. The molecule has 0 aliphatic rings. The standard InChI is InChI=1S/C18H23N5OS2/c1-3-14-11-21-16(26-14)7-8-20-18(19-4-2)22-10-13-12-24-17(23-13)15-6-5-9-25-15/h5-6,9,11-12H,3-4,7-8,10H2,1-2H3,(H2,19,20,22). The minimum Gasteiger partial charge on any atom is -0.443 e. The summed E-state index contributed by atoms with van der Waals surface area (Å²) in [4.78, 5) is 15.9. The molecule has 0 aliphatic heterocycles. The molecule has 0 amide bonds. The summed E-state index contributed by atoms with van der Waals surface area (Å²) >= 11 is 3.39. The van der Waals surface area contributed by atoms with Crippen LogP contribution in [0.15, 0.2) is 39.4 Å². The van der Waals surface area contributed by atoms with Gasteiger partial charge in [-0.25, -0.2) is 15.0 Å². The van der Waals surface area contributed by atoms with Crippen LogP contribution >= 0.6 is 22.7 Å². The second-order valence-corrected chi connectivity index (χ2v) is 7.71. The molecule has 3 heterocycles. The normalized spacial score (nSPS) is 11.7. The number of thiazole rings is 1. The van der Waals surface area contributed by atoms with Gasteiger partial charge in [0.1, 0.15) is 12.0 Å². The molecule has 0 aromatic carbocycles. The zero-order chi connectivity index (χ0) is 18.2. The topological polar surface area (TPSA) is 75.3 Å². The summed E-state index contributed by atoms with van der Waals surface area (Å²) in [5.41, 5.74) is 0.818. The molecule has 0 saturated carbocycles. The number of rotatable bonds is 8. The monoisotopic (exact) mass is 389 g/mol. The van der Waals surface area contributed by atoms with E-state index >= 15 is 0 Å². The first-order chi connectivity index (χ1) is 12.8. The minimum atomic E-state index is 0.474. The molecule has 3 aromatic rings. The zero-order valence-electron chi connectivity index (χ0n) is 15.0. The van der Waals surface area contributed by atoms with Crippen molar-refractivity contribution in [2.45, 2.75) is 33.2 Å². The van der Waals surface area contributed by atoms with Crippen LogP contribution in [-0.2, 0) is 19.4 Å². The second-order valence-electron chi connectivity index (χ2n) is 5.57. The Balaban J connectivity index is 1.53. The molecule has 2 N–H and O–H groups in total. The average molecular weight is 390 g/mol. The van der Waals surface area contributed by atoms with E-state index in [4.69, 9.17) is 4.42 Å². The maximum Gasteiger partial charge on any atom is 0.236 e. The highest BCUT2D eigenvalue weighted by atomic mass is 32.1. The van der Waals surface area contributed by atoms with Crippen LogP contribution in [-0.4, -0.2) is 29.0 Å². The van der Waals surface area contributed by atoms with Crippen LogP contribution < -0.4 is 10.6 Å². The summed E-state index contributed by atoms with van der Waals surface area (Å²) in [7, 11) is 0. The number of thiophene rings is 1. The van der Waals surface area contributed by atoms with Gasteiger partial charge in [-0.05, 0) is 24.8 Å². The fraction of sp³-hybridized carbons (Fsp3) is 0.389. The first kappa shape index (κ1) is 18.6. The van der Waals surface area contributed by atoms with Crippen molar-refractivity contribution in [3.8, 4) is 10.8 Å². The highest BCUT2D eigenvalue weighted by Crippen LogP contribution is 2.23. The lowest BCUT2D eigenvalue weighted by atomic mass is 10.4. The predicted octanol–water partition coefficient (Wildman–Crippen LogP) is 3.72. The summed E-state index contributed by atoms with van der Waals surface area (Å²) in [5, 5.41) is 9.77. The van der Waals surface area contributed by atoms with Gasteiger partial charge in [0.05, 0.1) is 16.4 Å². The van der Waals surface area contributed by atoms with E-state index in [9.17, 15) is 0 Å². The molecule has 0 bridgehead atoms. The van der Waals surface area contributed by atoms with Crippen molar-refractivity contribution in [1.82, 2.24) is 20.6 Å². The third kappa shape index (κ3) is 5.15. The first-order valence-electron chi connectivity index (χ1n) is 8.72. The van der Waals surface area contributed by atoms with Crippen LogP contribution in [0.25, 0.3) is 10.8 Å². The minimum absolute atomic E-state index is 0.474. The molecule has 0 spiro atoms. The van der Waals surface area contributed by atoms with Crippen LogP contribution in [0.4, 0.5) is 0 Å². The Morgan fingerprint density at radius 1 is 1.31 bits per heavy atom. The van der Waals surface area contributed by atoms with Crippen LogP contribution in [0.1, 0.15) is 29.4 Å². The lowest BCUT2D eigenvalue weighted by molar-refractivity contribution is 0.574. The molecule has 8 heteroatoms. The molecule has 0 aliphatic carbocycles. The van der Waals surface area contributed by atoms with Gasteiger partial charge in [0.25, 0.3) is 0 Å². The van der Waals surface area contributed by atoms with Crippen molar-refractivity contribution in [2.24, 2.45) is 4.99 Å². The van der Waals surface area contributed by atoms with Gasteiger partial charge in [-0.15, -0.1) is 22.7 Å². The number of oxazole rings is 1. The van der Waals surface area contributed by atoms with Crippen LogP contribution in [0, 0.1) is 0 Å². The molecule has 26 heavy (non-hydrogen) atoms. The Morgan fingerprint density at radius 3 is 2.96 bits per heavy atom. The maximum atomic E-state index is 5.54. The molecule has 0 fully saturated rings. The van der Waals surface area contributed by atoms with E-state index in [1.54, 1.807) is 28.9 Å². The van der Waals surface area contributed by atoms with Gasteiger partial charge in [-0.3, -0.25) is 0 Å². The number of hydrogen-bond donors (Lipinski definition) is 2. The Bertz CT molecular complexity index is 822. The fourth-order valence-electron chi connectivity index (χ4n) is 2.31. The molecule has 0 saturated heterocycles. The average Bonchev–Trinajstić information content (AvgIpc) is 3.40. The van der Waals surface area contributed by atoms with Crippen LogP contribution in [0.2, 0.25) is 0 Å². The van der Waals surface area contributed by atoms with E-state index in [1.165, 1.54) is 4.88 Å². The van der Waals surface area contributed by atoms with E-state index in [1.807, 2.05) is 23.7 Å². The maximum absolute atomic E-state index is 5.54. The van der Waals surface area contributed by atoms with Gasteiger partial charge in [-0.1, -0.05) is 13.0 Å². The summed E-state index contributed by atoms with van der Waals surface area (Å²) in [6.07, 6.45) is 5.57. The number of guanidine groups is 1. The van der Waals surface area contributed by atoms with Gasteiger partial charge < -0.3 is 15.1 Å².